The lowest BCUT2D eigenvalue weighted by atomic mass is 10.1. The highest BCUT2D eigenvalue weighted by molar-refractivity contribution is 7.10. The highest BCUT2D eigenvalue weighted by Crippen LogP contribution is 2.27. The van der Waals surface area contributed by atoms with Gasteiger partial charge in [0.1, 0.15) is 11.6 Å². The minimum absolute atomic E-state index is 0.240. The highest BCUT2D eigenvalue weighted by Gasteiger charge is 2.24. The first kappa shape index (κ1) is 16.8. The van der Waals surface area contributed by atoms with Crippen LogP contribution in [0.3, 0.4) is 0 Å². The van der Waals surface area contributed by atoms with Gasteiger partial charge in [-0.05, 0) is 30.9 Å². The Morgan fingerprint density at radius 2 is 2.17 bits per heavy atom. The summed E-state index contributed by atoms with van der Waals surface area (Å²) < 4.78 is 5.47. The van der Waals surface area contributed by atoms with Gasteiger partial charge in [-0.2, -0.15) is 10.4 Å². The largest absolute Gasteiger partial charge is 0.379 e. The molecule has 126 valence electrons. The van der Waals surface area contributed by atoms with Crippen LogP contribution in [-0.2, 0) is 4.74 Å². The zero-order valence-electron chi connectivity index (χ0n) is 14.0. The number of aryl methyl sites for hydroxylation is 1. The molecule has 1 atom stereocenters. The van der Waals surface area contributed by atoms with Gasteiger partial charge in [0, 0.05) is 24.5 Å². The first-order chi connectivity index (χ1) is 11.7. The van der Waals surface area contributed by atoms with Gasteiger partial charge in [0.2, 0.25) is 0 Å². The summed E-state index contributed by atoms with van der Waals surface area (Å²) >= 11 is 1.75. The molecule has 1 saturated heterocycles. The lowest BCUT2D eigenvalue weighted by molar-refractivity contribution is 0.0194. The molecular formula is C17H21N5OS. The monoisotopic (exact) mass is 343 g/mol. The third-order valence-electron chi connectivity index (χ3n) is 4.39. The van der Waals surface area contributed by atoms with Crippen molar-refractivity contribution in [3.8, 4) is 6.07 Å². The maximum Gasteiger partial charge on any atom is 0.167 e. The number of morpholine rings is 1. The lowest BCUT2D eigenvalue weighted by Crippen LogP contribution is -2.41. The number of aromatic nitrogens is 2. The van der Waals surface area contributed by atoms with Crippen molar-refractivity contribution >= 4 is 17.2 Å². The molecule has 7 heteroatoms. The molecule has 0 spiro atoms. The van der Waals surface area contributed by atoms with E-state index in [9.17, 15) is 5.26 Å². The maximum atomic E-state index is 9.44. The van der Waals surface area contributed by atoms with Crippen molar-refractivity contribution in [1.82, 2.24) is 15.1 Å². The Morgan fingerprint density at radius 1 is 1.38 bits per heavy atom. The Balaban J connectivity index is 1.79. The van der Waals surface area contributed by atoms with Crippen molar-refractivity contribution in [2.24, 2.45) is 0 Å². The van der Waals surface area contributed by atoms with E-state index in [0.29, 0.717) is 17.9 Å². The van der Waals surface area contributed by atoms with Gasteiger partial charge in [0.15, 0.2) is 5.82 Å². The molecule has 2 aromatic heterocycles. The molecule has 2 aromatic rings. The predicted octanol–water partition coefficient (Wildman–Crippen LogP) is 2.51. The van der Waals surface area contributed by atoms with E-state index in [-0.39, 0.29) is 6.04 Å². The normalized spacial score (nSPS) is 16.5. The van der Waals surface area contributed by atoms with Crippen LogP contribution in [0.1, 0.15) is 27.7 Å². The van der Waals surface area contributed by atoms with E-state index in [0.717, 1.165) is 37.6 Å². The van der Waals surface area contributed by atoms with Gasteiger partial charge in [-0.25, -0.2) is 0 Å². The van der Waals surface area contributed by atoms with E-state index in [1.165, 1.54) is 4.88 Å². The van der Waals surface area contributed by atoms with Crippen LogP contribution in [0, 0.1) is 25.2 Å². The number of nitriles is 1. The molecule has 6 nitrogen and oxygen atoms in total. The molecule has 1 N–H and O–H groups in total. The predicted molar refractivity (Wildman–Crippen MR) is 94.2 cm³/mol. The van der Waals surface area contributed by atoms with Crippen LogP contribution in [-0.4, -0.2) is 47.9 Å². The number of hydrogen-bond acceptors (Lipinski definition) is 7. The topological polar surface area (TPSA) is 74.1 Å². The molecule has 0 aliphatic carbocycles. The van der Waals surface area contributed by atoms with Gasteiger partial charge in [0.05, 0.1) is 24.9 Å². The summed E-state index contributed by atoms with van der Waals surface area (Å²) in [4.78, 5) is 3.72. The second-order valence-electron chi connectivity index (χ2n) is 5.81. The van der Waals surface area contributed by atoms with Gasteiger partial charge in [-0.3, -0.25) is 4.90 Å². The van der Waals surface area contributed by atoms with E-state index in [1.54, 1.807) is 11.3 Å². The van der Waals surface area contributed by atoms with Crippen molar-refractivity contribution < 1.29 is 4.74 Å². The molecule has 1 fully saturated rings. The van der Waals surface area contributed by atoms with E-state index in [1.807, 2.05) is 13.8 Å². The van der Waals surface area contributed by atoms with Gasteiger partial charge in [-0.1, -0.05) is 6.07 Å². The first-order valence-electron chi connectivity index (χ1n) is 8.03. The molecule has 0 bridgehead atoms. The highest BCUT2D eigenvalue weighted by atomic mass is 32.1. The fraction of sp³-hybridized carbons (Fsp3) is 0.471. The number of anilines is 1. The maximum absolute atomic E-state index is 9.44. The fourth-order valence-electron chi connectivity index (χ4n) is 2.84. The Hall–Kier alpha value is -2.01. The van der Waals surface area contributed by atoms with Crippen molar-refractivity contribution in [3.05, 3.63) is 39.2 Å². The lowest BCUT2D eigenvalue weighted by Gasteiger charge is -2.34. The number of nitrogens with one attached hydrogen (secondary N) is 1. The summed E-state index contributed by atoms with van der Waals surface area (Å²) in [7, 11) is 0. The Bertz CT molecular complexity index is 719. The summed E-state index contributed by atoms with van der Waals surface area (Å²) in [6.45, 7) is 7.80. The van der Waals surface area contributed by atoms with Crippen molar-refractivity contribution in [1.29, 1.82) is 5.26 Å². The van der Waals surface area contributed by atoms with Gasteiger partial charge in [0.25, 0.3) is 0 Å². The first-order valence-corrected chi connectivity index (χ1v) is 8.91. The molecule has 1 aliphatic rings. The van der Waals surface area contributed by atoms with E-state index < -0.39 is 0 Å². The van der Waals surface area contributed by atoms with E-state index in [2.05, 4.69) is 44.0 Å². The Labute approximate surface area is 146 Å². The second-order valence-corrected chi connectivity index (χ2v) is 6.79. The number of nitrogens with zero attached hydrogens (tertiary/aromatic N) is 4. The molecule has 1 aliphatic heterocycles. The minimum Gasteiger partial charge on any atom is -0.379 e. The molecule has 0 radical (unpaired) electrons. The second kappa shape index (κ2) is 7.71. The van der Waals surface area contributed by atoms with E-state index in [4.69, 9.17) is 4.74 Å². The van der Waals surface area contributed by atoms with Crippen molar-refractivity contribution in [2.75, 3.05) is 38.2 Å². The minimum atomic E-state index is 0.240. The molecule has 0 amide bonds. The van der Waals surface area contributed by atoms with Gasteiger partial charge in [-0.15, -0.1) is 16.4 Å². The van der Waals surface area contributed by atoms with E-state index >= 15 is 0 Å². The number of rotatable bonds is 5. The molecule has 3 heterocycles. The summed E-state index contributed by atoms with van der Waals surface area (Å²) in [5, 5.41) is 23.2. The molecule has 0 saturated carbocycles. The Kier molecular flexibility index (Phi) is 5.41. The van der Waals surface area contributed by atoms with Crippen molar-refractivity contribution in [2.45, 2.75) is 19.9 Å². The van der Waals surface area contributed by atoms with Crippen LogP contribution < -0.4 is 5.32 Å². The molecule has 3 rings (SSSR count). The van der Waals surface area contributed by atoms with Crippen LogP contribution in [0.25, 0.3) is 0 Å². The molecule has 24 heavy (non-hydrogen) atoms. The third kappa shape index (κ3) is 3.56. The SMILES string of the molecule is Cc1nnc(NCC(c2cccs2)N2CCOCC2)c(C#N)c1C. The van der Waals surface area contributed by atoms with Crippen LogP contribution in [0.4, 0.5) is 5.82 Å². The average molecular weight is 343 g/mol. The Morgan fingerprint density at radius 3 is 2.83 bits per heavy atom. The summed E-state index contributed by atoms with van der Waals surface area (Å²) in [6.07, 6.45) is 0. The van der Waals surface area contributed by atoms with Crippen LogP contribution >= 0.6 is 11.3 Å². The quantitative estimate of drug-likeness (QED) is 0.899. The average Bonchev–Trinajstić information content (AvgIpc) is 3.13. The fourth-order valence-corrected chi connectivity index (χ4v) is 3.70. The zero-order valence-corrected chi connectivity index (χ0v) is 14.8. The summed E-state index contributed by atoms with van der Waals surface area (Å²) in [6, 6.07) is 6.72. The number of hydrogen-bond donors (Lipinski definition) is 1. The van der Waals surface area contributed by atoms with Gasteiger partial charge >= 0.3 is 0 Å². The molecule has 0 aromatic carbocycles. The third-order valence-corrected chi connectivity index (χ3v) is 5.36. The smallest absolute Gasteiger partial charge is 0.167 e. The zero-order chi connectivity index (χ0) is 16.9. The summed E-state index contributed by atoms with van der Waals surface area (Å²) in [5.74, 6) is 0.565. The standard InChI is InChI=1S/C17H21N5OS/c1-12-13(2)20-21-17(14(12)10-18)19-11-15(16-4-3-9-24-16)22-5-7-23-8-6-22/h3-4,9,15H,5-8,11H2,1-2H3,(H,19,21). The number of ether oxygens (including phenoxy) is 1. The molecular weight excluding hydrogens is 322 g/mol. The summed E-state index contributed by atoms with van der Waals surface area (Å²) in [5.41, 5.74) is 2.25. The molecule has 1 unspecified atom stereocenters. The van der Waals surface area contributed by atoms with Gasteiger partial charge < -0.3 is 10.1 Å². The van der Waals surface area contributed by atoms with Crippen LogP contribution in [0.15, 0.2) is 17.5 Å². The van der Waals surface area contributed by atoms with Crippen LogP contribution in [0.5, 0.6) is 0 Å². The van der Waals surface area contributed by atoms with Crippen LogP contribution in [0.2, 0.25) is 0 Å². The van der Waals surface area contributed by atoms with Crippen molar-refractivity contribution in [3.63, 3.8) is 0 Å². The number of thiophene rings is 1.